The average Bonchev–Trinajstić information content (AvgIpc) is 3.11. The minimum absolute atomic E-state index is 0. The highest BCUT2D eigenvalue weighted by Crippen LogP contribution is 2.44. The van der Waals surface area contributed by atoms with Gasteiger partial charge in [0.2, 0.25) is 5.91 Å². The molecule has 0 aromatic carbocycles. The monoisotopic (exact) mass is 376 g/mol. The maximum absolute atomic E-state index is 12.8. The fourth-order valence-electron chi connectivity index (χ4n) is 3.74. The molecule has 7 nitrogen and oxygen atoms in total. The first kappa shape index (κ1) is 19.2. The molecule has 0 bridgehead atoms. The number of carbonyl (C=O) groups excluding carboxylic acids is 1. The lowest BCUT2D eigenvalue weighted by molar-refractivity contribution is -0.128. The van der Waals surface area contributed by atoms with Crippen molar-refractivity contribution >= 4 is 34.0 Å². The molecule has 1 saturated carbocycles. The first-order chi connectivity index (χ1) is 10.9. The van der Waals surface area contributed by atoms with Crippen molar-refractivity contribution in [3.63, 3.8) is 0 Å². The van der Waals surface area contributed by atoms with Gasteiger partial charge in [0.25, 0.3) is 0 Å². The number of anilines is 1. The Hall–Kier alpha value is -1.12. The summed E-state index contributed by atoms with van der Waals surface area (Å²) in [5, 5.41) is 10.6. The van der Waals surface area contributed by atoms with E-state index in [1.807, 2.05) is 0 Å². The van der Waals surface area contributed by atoms with Crippen LogP contribution >= 0.6 is 12.4 Å². The molecule has 0 radical (unpaired) electrons. The summed E-state index contributed by atoms with van der Waals surface area (Å²) in [5.41, 5.74) is -0.311. The molecule has 136 valence electrons. The molecule has 2 atom stereocenters. The summed E-state index contributed by atoms with van der Waals surface area (Å²) in [6.45, 7) is 1.94. The SMILES string of the molecule is CS(=O)(=O)CCn1ccc(NC(=O)[C@@]23CCCC[C@H]2CNC3)n1.Cl. The van der Waals surface area contributed by atoms with E-state index >= 15 is 0 Å². The van der Waals surface area contributed by atoms with Gasteiger partial charge in [0, 0.05) is 25.1 Å². The molecule has 0 unspecified atom stereocenters. The summed E-state index contributed by atoms with van der Waals surface area (Å²) >= 11 is 0. The Bertz CT molecular complexity index is 691. The third-order valence-corrected chi connectivity index (χ3v) is 5.99. The molecule has 2 fully saturated rings. The van der Waals surface area contributed by atoms with E-state index in [-0.39, 0.29) is 29.5 Å². The molecule has 1 aromatic heterocycles. The second-order valence-electron chi connectivity index (χ2n) is 6.78. The van der Waals surface area contributed by atoms with E-state index in [0.29, 0.717) is 18.3 Å². The van der Waals surface area contributed by atoms with Crippen LogP contribution < -0.4 is 10.6 Å². The van der Waals surface area contributed by atoms with Gasteiger partial charge in [0.15, 0.2) is 5.82 Å². The van der Waals surface area contributed by atoms with Gasteiger partial charge in [-0.25, -0.2) is 8.42 Å². The number of nitrogens with one attached hydrogen (secondary N) is 2. The summed E-state index contributed by atoms with van der Waals surface area (Å²) in [4.78, 5) is 12.8. The van der Waals surface area contributed by atoms with Crippen molar-refractivity contribution in [2.24, 2.45) is 11.3 Å². The molecule has 1 aromatic rings. The summed E-state index contributed by atoms with van der Waals surface area (Å²) in [5.74, 6) is 0.982. The zero-order valence-corrected chi connectivity index (χ0v) is 15.5. The van der Waals surface area contributed by atoms with E-state index in [1.54, 1.807) is 16.9 Å². The van der Waals surface area contributed by atoms with Crippen LogP contribution in [-0.2, 0) is 21.2 Å². The second-order valence-corrected chi connectivity index (χ2v) is 9.04. The first-order valence-corrected chi connectivity index (χ1v) is 10.2. The molecule has 3 rings (SSSR count). The van der Waals surface area contributed by atoms with Gasteiger partial charge in [-0.05, 0) is 25.3 Å². The number of amides is 1. The number of hydrogen-bond acceptors (Lipinski definition) is 5. The molecule has 1 saturated heterocycles. The van der Waals surface area contributed by atoms with Crippen molar-refractivity contribution in [3.8, 4) is 0 Å². The van der Waals surface area contributed by atoms with Crippen molar-refractivity contribution in [1.29, 1.82) is 0 Å². The van der Waals surface area contributed by atoms with Gasteiger partial charge in [-0.15, -0.1) is 12.4 Å². The molecular formula is C15H25ClN4O3S. The van der Waals surface area contributed by atoms with E-state index in [2.05, 4.69) is 15.7 Å². The maximum atomic E-state index is 12.8. The van der Waals surface area contributed by atoms with Crippen molar-refractivity contribution in [1.82, 2.24) is 15.1 Å². The largest absolute Gasteiger partial charge is 0.315 e. The van der Waals surface area contributed by atoms with Gasteiger partial charge >= 0.3 is 0 Å². The smallest absolute Gasteiger partial charge is 0.233 e. The Morgan fingerprint density at radius 1 is 1.50 bits per heavy atom. The lowest BCUT2D eigenvalue weighted by atomic mass is 9.67. The molecule has 1 aliphatic carbocycles. The van der Waals surface area contributed by atoms with E-state index in [4.69, 9.17) is 0 Å². The maximum Gasteiger partial charge on any atom is 0.233 e. The Morgan fingerprint density at radius 3 is 3.04 bits per heavy atom. The number of sulfone groups is 1. The number of rotatable bonds is 5. The van der Waals surface area contributed by atoms with Gasteiger partial charge < -0.3 is 10.6 Å². The number of fused-ring (bicyclic) bond motifs is 1. The highest BCUT2D eigenvalue weighted by Gasteiger charge is 2.49. The zero-order valence-electron chi connectivity index (χ0n) is 13.8. The molecule has 1 aliphatic heterocycles. The van der Waals surface area contributed by atoms with Crippen molar-refractivity contribution in [2.45, 2.75) is 32.2 Å². The molecule has 1 amide bonds. The lowest BCUT2D eigenvalue weighted by Crippen LogP contribution is -2.44. The predicted octanol–water partition coefficient (Wildman–Crippen LogP) is 1.07. The van der Waals surface area contributed by atoms with Crippen LogP contribution in [0.25, 0.3) is 0 Å². The number of aryl methyl sites for hydroxylation is 1. The van der Waals surface area contributed by atoms with Crippen LogP contribution in [0.15, 0.2) is 12.3 Å². The summed E-state index contributed by atoms with van der Waals surface area (Å²) in [6, 6.07) is 1.72. The number of aromatic nitrogens is 2. The van der Waals surface area contributed by atoms with Crippen molar-refractivity contribution in [3.05, 3.63) is 12.3 Å². The number of carbonyl (C=O) groups is 1. The van der Waals surface area contributed by atoms with Gasteiger partial charge in [0.1, 0.15) is 9.84 Å². The molecule has 2 heterocycles. The molecule has 2 aliphatic rings. The van der Waals surface area contributed by atoms with E-state index < -0.39 is 9.84 Å². The van der Waals surface area contributed by atoms with Crippen LogP contribution in [0.3, 0.4) is 0 Å². The summed E-state index contributed by atoms with van der Waals surface area (Å²) < 4.78 is 24.0. The lowest BCUT2D eigenvalue weighted by Gasteiger charge is -2.36. The van der Waals surface area contributed by atoms with Crippen LogP contribution in [0.5, 0.6) is 0 Å². The Labute approximate surface area is 148 Å². The standard InChI is InChI=1S/C15H24N4O3S.ClH/c1-23(21,22)9-8-19-7-5-13(18-19)17-14(20)15-6-3-2-4-12(15)10-16-11-15;/h5,7,12,16H,2-4,6,8-11H2,1H3,(H,17,18,20);1H/t12-,15+;/m0./s1. The van der Waals surface area contributed by atoms with E-state index in [0.717, 1.165) is 32.4 Å². The average molecular weight is 377 g/mol. The zero-order chi connectivity index (χ0) is 16.5. The third kappa shape index (κ3) is 4.10. The minimum Gasteiger partial charge on any atom is -0.315 e. The predicted molar refractivity (Wildman–Crippen MR) is 95.1 cm³/mol. The summed E-state index contributed by atoms with van der Waals surface area (Å²) in [7, 11) is -3.02. The number of halogens is 1. The molecule has 2 N–H and O–H groups in total. The van der Waals surface area contributed by atoms with Crippen molar-refractivity contribution in [2.75, 3.05) is 30.4 Å². The van der Waals surface area contributed by atoms with Crippen LogP contribution in [0.1, 0.15) is 25.7 Å². The normalized spacial score (nSPS) is 26.5. The summed E-state index contributed by atoms with van der Waals surface area (Å²) in [6.07, 6.45) is 7.21. The minimum atomic E-state index is -3.02. The topological polar surface area (TPSA) is 93.1 Å². The van der Waals surface area contributed by atoms with Crippen LogP contribution in [-0.4, -0.2) is 49.2 Å². The highest BCUT2D eigenvalue weighted by atomic mass is 35.5. The van der Waals surface area contributed by atoms with Crippen LogP contribution in [0, 0.1) is 11.3 Å². The Morgan fingerprint density at radius 2 is 2.29 bits per heavy atom. The van der Waals surface area contributed by atoms with E-state index in [9.17, 15) is 13.2 Å². The van der Waals surface area contributed by atoms with Crippen LogP contribution in [0.2, 0.25) is 0 Å². The van der Waals surface area contributed by atoms with Gasteiger partial charge in [-0.2, -0.15) is 5.10 Å². The van der Waals surface area contributed by atoms with Gasteiger partial charge in [-0.3, -0.25) is 9.48 Å². The third-order valence-electron chi connectivity index (χ3n) is 5.06. The first-order valence-electron chi connectivity index (χ1n) is 8.12. The van der Waals surface area contributed by atoms with Gasteiger partial charge in [-0.1, -0.05) is 12.8 Å². The number of nitrogens with zero attached hydrogens (tertiary/aromatic N) is 2. The Kier molecular flexibility index (Phi) is 5.93. The molecule has 9 heteroatoms. The molecule has 0 spiro atoms. The molecule has 24 heavy (non-hydrogen) atoms. The fourth-order valence-corrected chi connectivity index (χ4v) is 4.26. The Balaban J connectivity index is 0.00000208. The number of hydrogen-bond donors (Lipinski definition) is 2. The van der Waals surface area contributed by atoms with Gasteiger partial charge in [0.05, 0.1) is 17.7 Å². The fraction of sp³-hybridized carbons (Fsp3) is 0.733. The molecular weight excluding hydrogens is 352 g/mol. The highest BCUT2D eigenvalue weighted by molar-refractivity contribution is 7.90. The van der Waals surface area contributed by atoms with Crippen molar-refractivity contribution < 1.29 is 13.2 Å². The second kappa shape index (κ2) is 7.41. The van der Waals surface area contributed by atoms with Crippen LogP contribution in [0.4, 0.5) is 5.82 Å². The van der Waals surface area contributed by atoms with E-state index in [1.165, 1.54) is 12.7 Å². The quantitative estimate of drug-likeness (QED) is 0.801.